The first-order valence-corrected chi connectivity index (χ1v) is 7.25. The highest BCUT2D eigenvalue weighted by Gasteiger charge is 2.16. The molecule has 0 unspecified atom stereocenters. The molecule has 17 heavy (non-hydrogen) atoms. The number of thiophene rings is 1. The van der Waals surface area contributed by atoms with Crippen LogP contribution in [-0.4, -0.2) is 5.78 Å². The van der Waals surface area contributed by atoms with Crippen molar-refractivity contribution in [3.63, 3.8) is 0 Å². The Morgan fingerprint density at radius 3 is 2.59 bits per heavy atom. The molecular weight excluding hydrogens is 366 g/mol. The maximum atomic E-state index is 12.3. The van der Waals surface area contributed by atoms with Gasteiger partial charge in [-0.05, 0) is 62.5 Å². The average molecular weight is 375 g/mol. The van der Waals surface area contributed by atoms with E-state index in [4.69, 9.17) is 5.73 Å². The topological polar surface area (TPSA) is 43.1 Å². The van der Waals surface area contributed by atoms with Gasteiger partial charge in [0.1, 0.15) is 0 Å². The predicted octanol–water partition coefficient (Wildman–Crippen LogP) is 4.39. The SMILES string of the molecule is Cc1ccc(N)cc1C(=O)c1cc(Br)c(Br)s1. The Kier molecular flexibility index (Phi) is 3.70. The number of benzene rings is 1. The molecule has 0 atom stereocenters. The number of hydrogen-bond donors (Lipinski definition) is 1. The molecule has 2 nitrogen and oxygen atoms in total. The average Bonchev–Trinajstić information content (AvgIpc) is 2.62. The fourth-order valence-corrected chi connectivity index (χ4v) is 3.47. The van der Waals surface area contributed by atoms with Gasteiger partial charge in [0, 0.05) is 15.7 Å². The van der Waals surface area contributed by atoms with Crippen LogP contribution in [0.3, 0.4) is 0 Å². The number of carbonyl (C=O) groups is 1. The lowest BCUT2D eigenvalue weighted by atomic mass is 10.0. The Hall–Kier alpha value is -0.650. The number of rotatable bonds is 2. The second kappa shape index (κ2) is 4.92. The lowest BCUT2D eigenvalue weighted by Crippen LogP contribution is -2.02. The molecule has 0 fully saturated rings. The van der Waals surface area contributed by atoms with Gasteiger partial charge in [0.15, 0.2) is 0 Å². The second-order valence-corrected chi connectivity index (χ2v) is 6.86. The van der Waals surface area contributed by atoms with Crippen LogP contribution in [0.2, 0.25) is 0 Å². The van der Waals surface area contributed by atoms with Crippen LogP contribution in [0.15, 0.2) is 32.5 Å². The van der Waals surface area contributed by atoms with Crippen molar-refractivity contribution in [2.45, 2.75) is 6.92 Å². The zero-order chi connectivity index (χ0) is 12.6. The van der Waals surface area contributed by atoms with Crippen molar-refractivity contribution >= 4 is 54.7 Å². The molecule has 1 aromatic heterocycles. The van der Waals surface area contributed by atoms with Gasteiger partial charge in [-0.3, -0.25) is 4.79 Å². The van der Waals surface area contributed by atoms with Crippen LogP contribution in [0.4, 0.5) is 5.69 Å². The molecule has 2 rings (SSSR count). The molecule has 0 spiro atoms. The van der Waals surface area contributed by atoms with Gasteiger partial charge in [0.25, 0.3) is 0 Å². The third kappa shape index (κ3) is 2.61. The normalized spacial score (nSPS) is 10.5. The van der Waals surface area contributed by atoms with Gasteiger partial charge in [0.05, 0.1) is 8.66 Å². The standard InChI is InChI=1S/C12H9Br2NOS/c1-6-2-3-7(15)4-8(6)11(16)10-5-9(13)12(14)17-10/h2-5H,15H2,1H3. The number of ketones is 1. The fraction of sp³-hybridized carbons (Fsp3) is 0.0833. The maximum absolute atomic E-state index is 12.3. The Labute approximate surface area is 120 Å². The van der Waals surface area contributed by atoms with E-state index < -0.39 is 0 Å². The van der Waals surface area contributed by atoms with E-state index in [1.54, 1.807) is 12.1 Å². The van der Waals surface area contributed by atoms with Crippen LogP contribution >= 0.6 is 43.2 Å². The van der Waals surface area contributed by atoms with Crippen LogP contribution in [0, 0.1) is 6.92 Å². The molecule has 0 aliphatic heterocycles. The van der Waals surface area contributed by atoms with Crippen molar-refractivity contribution in [2.24, 2.45) is 0 Å². The quantitative estimate of drug-likeness (QED) is 0.625. The summed E-state index contributed by atoms with van der Waals surface area (Å²) in [5.41, 5.74) is 7.91. The van der Waals surface area contributed by atoms with Crippen LogP contribution in [-0.2, 0) is 0 Å². The molecule has 0 radical (unpaired) electrons. The summed E-state index contributed by atoms with van der Waals surface area (Å²) in [7, 11) is 0. The predicted molar refractivity (Wildman–Crippen MR) is 78.7 cm³/mol. The highest BCUT2D eigenvalue weighted by atomic mass is 79.9. The molecule has 1 aromatic carbocycles. The monoisotopic (exact) mass is 373 g/mol. The number of carbonyl (C=O) groups excluding carboxylic acids is 1. The number of nitrogen functional groups attached to an aromatic ring is 1. The molecule has 5 heteroatoms. The summed E-state index contributed by atoms with van der Waals surface area (Å²) in [5.74, 6) is 0.00574. The summed E-state index contributed by atoms with van der Waals surface area (Å²) in [6.07, 6.45) is 0. The fourth-order valence-electron chi connectivity index (χ4n) is 1.48. The first-order chi connectivity index (χ1) is 7.99. The van der Waals surface area contributed by atoms with Gasteiger partial charge in [-0.1, -0.05) is 6.07 Å². The van der Waals surface area contributed by atoms with Crippen molar-refractivity contribution in [2.75, 3.05) is 5.73 Å². The summed E-state index contributed by atoms with van der Waals surface area (Å²) in [6.45, 7) is 1.91. The smallest absolute Gasteiger partial charge is 0.203 e. The molecule has 0 saturated carbocycles. The zero-order valence-electron chi connectivity index (χ0n) is 8.96. The van der Waals surface area contributed by atoms with E-state index in [1.807, 2.05) is 19.1 Å². The summed E-state index contributed by atoms with van der Waals surface area (Å²) < 4.78 is 1.81. The Morgan fingerprint density at radius 1 is 1.29 bits per heavy atom. The Morgan fingerprint density at radius 2 is 2.00 bits per heavy atom. The van der Waals surface area contributed by atoms with Crippen molar-refractivity contribution in [3.05, 3.63) is 48.5 Å². The van der Waals surface area contributed by atoms with E-state index in [1.165, 1.54) is 11.3 Å². The zero-order valence-corrected chi connectivity index (χ0v) is 12.9. The minimum absolute atomic E-state index is 0.00574. The summed E-state index contributed by atoms with van der Waals surface area (Å²) >= 11 is 8.17. The molecular formula is C12H9Br2NOS. The first-order valence-electron chi connectivity index (χ1n) is 4.84. The molecule has 2 N–H and O–H groups in total. The first kappa shape index (κ1) is 12.8. The third-order valence-electron chi connectivity index (χ3n) is 2.38. The van der Waals surface area contributed by atoms with Crippen molar-refractivity contribution in [3.8, 4) is 0 Å². The number of nitrogens with two attached hydrogens (primary N) is 1. The van der Waals surface area contributed by atoms with Gasteiger partial charge in [-0.15, -0.1) is 11.3 Å². The maximum Gasteiger partial charge on any atom is 0.203 e. The van der Waals surface area contributed by atoms with Crippen molar-refractivity contribution in [1.82, 2.24) is 0 Å². The van der Waals surface area contributed by atoms with Crippen molar-refractivity contribution in [1.29, 1.82) is 0 Å². The molecule has 1 heterocycles. The lowest BCUT2D eigenvalue weighted by Gasteiger charge is -2.04. The van der Waals surface area contributed by atoms with E-state index in [-0.39, 0.29) is 5.78 Å². The number of halogens is 2. The third-order valence-corrected chi connectivity index (χ3v) is 5.63. The minimum atomic E-state index is 0.00574. The van der Waals surface area contributed by atoms with Gasteiger partial charge in [0.2, 0.25) is 5.78 Å². The van der Waals surface area contributed by atoms with Gasteiger partial charge in [-0.25, -0.2) is 0 Å². The van der Waals surface area contributed by atoms with Gasteiger partial charge in [-0.2, -0.15) is 0 Å². The summed E-state index contributed by atoms with van der Waals surface area (Å²) in [6, 6.07) is 7.20. The number of aryl methyl sites for hydroxylation is 1. The molecule has 0 bridgehead atoms. The molecule has 2 aromatic rings. The van der Waals surface area contributed by atoms with Crippen LogP contribution < -0.4 is 5.73 Å². The van der Waals surface area contributed by atoms with E-state index in [9.17, 15) is 4.79 Å². The highest BCUT2D eigenvalue weighted by molar-refractivity contribution is 9.13. The van der Waals surface area contributed by atoms with E-state index in [0.717, 1.165) is 13.8 Å². The van der Waals surface area contributed by atoms with E-state index >= 15 is 0 Å². The van der Waals surface area contributed by atoms with Crippen LogP contribution in [0.5, 0.6) is 0 Å². The molecule has 0 amide bonds. The molecule has 0 aliphatic rings. The number of anilines is 1. The van der Waals surface area contributed by atoms with E-state index in [0.29, 0.717) is 16.1 Å². The highest BCUT2D eigenvalue weighted by Crippen LogP contribution is 2.34. The van der Waals surface area contributed by atoms with Crippen molar-refractivity contribution < 1.29 is 4.79 Å². The van der Waals surface area contributed by atoms with Crippen LogP contribution in [0.1, 0.15) is 20.8 Å². The van der Waals surface area contributed by atoms with Crippen LogP contribution in [0.25, 0.3) is 0 Å². The Balaban J connectivity index is 2.47. The minimum Gasteiger partial charge on any atom is -0.399 e. The van der Waals surface area contributed by atoms with Gasteiger partial charge >= 0.3 is 0 Å². The van der Waals surface area contributed by atoms with Gasteiger partial charge < -0.3 is 5.73 Å². The lowest BCUT2D eigenvalue weighted by molar-refractivity contribution is 0.104. The molecule has 0 saturated heterocycles. The number of hydrogen-bond acceptors (Lipinski definition) is 3. The largest absolute Gasteiger partial charge is 0.399 e. The second-order valence-electron chi connectivity index (χ2n) is 3.64. The summed E-state index contributed by atoms with van der Waals surface area (Å²) in [4.78, 5) is 13.0. The Bertz CT molecular complexity index is 573. The summed E-state index contributed by atoms with van der Waals surface area (Å²) in [5, 5.41) is 0. The molecule has 88 valence electrons. The molecule has 0 aliphatic carbocycles. The van der Waals surface area contributed by atoms with E-state index in [2.05, 4.69) is 31.9 Å².